The highest BCUT2D eigenvalue weighted by molar-refractivity contribution is 5.79. The number of hydrogen-bond donors (Lipinski definition) is 1. The van der Waals surface area contributed by atoms with E-state index in [1.807, 2.05) is 6.92 Å². The number of amides is 1. The van der Waals surface area contributed by atoms with Gasteiger partial charge in [0.15, 0.2) is 5.82 Å². The van der Waals surface area contributed by atoms with Gasteiger partial charge in [0, 0.05) is 5.92 Å². The van der Waals surface area contributed by atoms with E-state index in [1.165, 1.54) is 18.5 Å². The van der Waals surface area contributed by atoms with Gasteiger partial charge in [-0.05, 0) is 37.5 Å². The summed E-state index contributed by atoms with van der Waals surface area (Å²) >= 11 is 0. The van der Waals surface area contributed by atoms with Crippen molar-refractivity contribution in [2.45, 2.75) is 38.9 Å². The lowest BCUT2D eigenvalue weighted by Crippen LogP contribution is -2.34. The molecular weight excluding hydrogens is 323 g/mol. The summed E-state index contributed by atoms with van der Waals surface area (Å²) in [7, 11) is 0. The van der Waals surface area contributed by atoms with E-state index in [4.69, 9.17) is 0 Å². The van der Waals surface area contributed by atoms with Crippen molar-refractivity contribution in [2.24, 2.45) is 5.92 Å². The van der Waals surface area contributed by atoms with Gasteiger partial charge in [0.25, 0.3) is 0 Å². The number of halogens is 3. The Hall–Kier alpha value is -2.38. The Morgan fingerprint density at radius 1 is 1.29 bits per heavy atom. The number of hydrogen-bond acceptors (Lipinski definition) is 4. The molecule has 1 N–H and O–H groups in total. The zero-order chi connectivity index (χ0) is 17.7. The van der Waals surface area contributed by atoms with E-state index in [-0.39, 0.29) is 11.8 Å². The van der Waals surface area contributed by atoms with Crippen LogP contribution in [0.15, 0.2) is 35.2 Å². The number of nitrogens with one attached hydrogen (secondary N) is 1. The molecule has 0 bridgehead atoms. The predicted octanol–water partition coefficient (Wildman–Crippen LogP) is 3.53. The van der Waals surface area contributed by atoms with Crippen LogP contribution in [0, 0.1) is 5.92 Å². The second kappa shape index (κ2) is 7.46. The van der Waals surface area contributed by atoms with E-state index >= 15 is 0 Å². The van der Waals surface area contributed by atoms with Gasteiger partial charge in [-0.1, -0.05) is 24.2 Å². The van der Waals surface area contributed by atoms with E-state index in [0.717, 1.165) is 12.1 Å². The van der Waals surface area contributed by atoms with Gasteiger partial charge in [0.1, 0.15) is 0 Å². The lowest BCUT2D eigenvalue weighted by Gasteiger charge is -2.18. The van der Waals surface area contributed by atoms with Crippen LogP contribution in [0.25, 0.3) is 0 Å². The van der Waals surface area contributed by atoms with E-state index in [0.29, 0.717) is 24.2 Å². The Bertz CT molecular complexity index is 654. The van der Waals surface area contributed by atoms with Gasteiger partial charge in [-0.15, -0.1) is 0 Å². The molecule has 1 aromatic heterocycles. The molecule has 0 saturated carbocycles. The highest BCUT2D eigenvalue weighted by Gasteiger charge is 2.30. The summed E-state index contributed by atoms with van der Waals surface area (Å²) in [5.41, 5.74) is -0.0216. The van der Waals surface area contributed by atoms with Gasteiger partial charge in [-0.3, -0.25) is 4.79 Å². The van der Waals surface area contributed by atoms with Crippen molar-refractivity contribution in [1.29, 1.82) is 0 Å². The van der Waals surface area contributed by atoms with Gasteiger partial charge < -0.3 is 9.84 Å². The van der Waals surface area contributed by atoms with Crippen LogP contribution < -0.4 is 5.32 Å². The smallest absolute Gasteiger partial charge is 0.346 e. The fourth-order valence-corrected chi connectivity index (χ4v) is 2.30. The molecule has 5 nitrogen and oxygen atoms in total. The first-order valence-corrected chi connectivity index (χ1v) is 7.54. The van der Waals surface area contributed by atoms with Gasteiger partial charge in [0.05, 0.1) is 11.6 Å². The first-order chi connectivity index (χ1) is 11.3. The maximum Gasteiger partial charge on any atom is 0.416 e. The van der Waals surface area contributed by atoms with Crippen molar-refractivity contribution in [2.75, 3.05) is 0 Å². The largest absolute Gasteiger partial charge is 0.416 e. The topological polar surface area (TPSA) is 68.0 Å². The minimum atomic E-state index is -4.36. The van der Waals surface area contributed by atoms with E-state index in [1.54, 1.807) is 6.92 Å². The SMILES string of the molecule is CCC(Cc1ccc(C(F)(F)F)cc1)C(=O)NC(C)c1ncon1. The second-order valence-corrected chi connectivity index (χ2v) is 5.52. The van der Waals surface area contributed by atoms with Crippen LogP contribution in [0.5, 0.6) is 0 Å². The number of rotatable bonds is 6. The van der Waals surface area contributed by atoms with Gasteiger partial charge in [0.2, 0.25) is 12.3 Å². The zero-order valence-electron chi connectivity index (χ0n) is 13.3. The number of carbonyl (C=O) groups excluding carboxylic acids is 1. The molecule has 0 aliphatic rings. The normalized spacial score (nSPS) is 14.2. The molecule has 2 aromatic rings. The van der Waals surface area contributed by atoms with Crippen LogP contribution in [0.3, 0.4) is 0 Å². The first kappa shape index (κ1) is 18.0. The summed E-state index contributed by atoms with van der Waals surface area (Å²) < 4.78 is 42.3. The molecule has 1 aromatic carbocycles. The third kappa shape index (κ3) is 4.56. The maximum absolute atomic E-state index is 12.6. The monoisotopic (exact) mass is 341 g/mol. The third-order valence-corrected chi connectivity index (χ3v) is 3.75. The first-order valence-electron chi connectivity index (χ1n) is 7.54. The van der Waals surface area contributed by atoms with Gasteiger partial charge >= 0.3 is 6.18 Å². The molecule has 1 heterocycles. The van der Waals surface area contributed by atoms with E-state index in [9.17, 15) is 18.0 Å². The molecular formula is C16H18F3N3O2. The fourth-order valence-electron chi connectivity index (χ4n) is 2.30. The summed E-state index contributed by atoms with van der Waals surface area (Å²) in [4.78, 5) is 16.2. The third-order valence-electron chi connectivity index (χ3n) is 3.75. The van der Waals surface area contributed by atoms with Crippen LogP contribution >= 0.6 is 0 Å². The molecule has 0 aliphatic carbocycles. The molecule has 130 valence electrons. The quantitative estimate of drug-likeness (QED) is 0.873. The molecule has 0 spiro atoms. The fraction of sp³-hybridized carbons (Fsp3) is 0.438. The van der Waals surface area contributed by atoms with Gasteiger partial charge in [-0.2, -0.15) is 18.2 Å². The van der Waals surface area contributed by atoms with Crippen molar-refractivity contribution >= 4 is 5.91 Å². The van der Waals surface area contributed by atoms with Crippen LogP contribution in [-0.4, -0.2) is 16.0 Å². The molecule has 1 amide bonds. The zero-order valence-corrected chi connectivity index (χ0v) is 13.3. The molecule has 0 fully saturated rings. The highest BCUT2D eigenvalue weighted by Crippen LogP contribution is 2.29. The molecule has 24 heavy (non-hydrogen) atoms. The minimum absolute atomic E-state index is 0.199. The Labute approximate surface area is 137 Å². The van der Waals surface area contributed by atoms with Crippen LogP contribution in [0.4, 0.5) is 13.2 Å². The number of aromatic nitrogens is 2. The summed E-state index contributed by atoms with van der Waals surface area (Å²) in [6, 6.07) is 4.46. The van der Waals surface area contributed by atoms with Crippen molar-refractivity contribution in [3.05, 3.63) is 47.6 Å². The van der Waals surface area contributed by atoms with Crippen LogP contribution in [-0.2, 0) is 17.4 Å². The minimum Gasteiger partial charge on any atom is -0.346 e. The second-order valence-electron chi connectivity index (χ2n) is 5.52. The maximum atomic E-state index is 12.6. The Morgan fingerprint density at radius 2 is 1.96 bits per heavy atom. The molecule has 2 atom stereocenters. The van der Waals surface area contributed by atoms with Crippen molar-refractivity contribution < 1.29 is 22.5 Å². The molecule has 0 radical (unpaired) electrons. The highest BCUT2D eigenvalue weighted by atomic mass is 19.4. The van der Waals surface area contributed by atoms with Crippen molar-refractivity contribution in [1.82, 2.24) is 15.5 Å². The number of nitrogens with zero attached hydrogens (tertiary/aromatic N) is 2. The Balaban J connectivity index is 1.99. The molecule has 0 aliphatic heterocycles. The average molecular weight is 341 g/mol. The number of benzene rings is 1. The predicted molar refractivity (Wildman–Crippen MR) is 79.8 cm³/mol. The molecule has 2 unspecified atom stereocenters. The molecule has 8 heteroatoms. The summed E-state index contributed by atoms with van der Waals surface area (Å²) in [5, 5.41) is 6.45. The van der Waals surface area contributed by atoms with Crippen LogP contribution in [0.1, 0.15) is 43.3 Å². The number of alkyl halides is 3. The summed E-state index contributed by atoms with van der Waals surface area (Å²) in [5.74, 6) is -0.182. The molecule has 0 saturated heterocycles. The summed E-state index contributed by atoms with van der Waals surface area (Å²) in [6.45, 7) is 3.58. The summed E-state index contributed by atoms with van der Waals surface area (Å²) in [6.07, 6.45) is -2.26. The average Bonchev–Trinajstić information content (AvgIpc) is 3.06. The number of carbonyl (C=O) groups is 1. The Morgan fingerprint density at radius 3 is 2.46 bits per heavy atom. The Kier molecular flexibility index (Phi) is 5.58. The van der Waals surface area contributed by atoms with Crippen LogP contribution in [0.2, 0.25) is 0 Å². The standard InChI is InChI=1S/C16H18F3N3O2/c1-3-12(15(23)21-10(2)14-20-9-24-22-14)8-11-4-6-13(7-5-11)16(17,18)19/h4-7,9-10,12H,3,8H2,1-2H3,(H,21,23). The van der Waals surface area contributed by atoms with Crippen molar-refractivity contribution in [3.8, 4) is 0 Å². The molecule has 2 rings (SSSR count). The van der Waals surface area contributed by atoms with E-state index < -0.39 is 17.8 Å². The lowest BCUT2D eigenvalue weighted by atomic mass is 9.95. The van der Waals surface area contributed by atoms with E-state index in [2.05, 4.69) is 20.0 Å². The van der Waals surface area contributed by atoms with Gasteiger partial charge in [-0.25, -0.2) is 0 Å². The van der Waals surface area contributed by atoms with Crippen molar-refractivity contribution in [3.63, 3.8) is 0 Å². The lowest BCUT2D eigenvalue weighted by molar-refractivity contribution is -0.137.